The van der Waals surface area contributed by atoms with Gasteiger partial charge >= 0.3 is 0 Å². The molecule has 0 fully saturated rings. The van der Waals surface area contributed by atoms with Crippen molar-refractivity contribution in [1.29, 1.82) is 0 Å². The van der Waals surface area contributed by atoms with Crippen molar-refractivity contribution >= 4 is 0 Å². The van der Waals surface area contributed by atoms with Crippen LogP contribution < -0.4 is 4.74 Å². The van der Waals surface area contributed by atoms with E-state index in [-0.39, 0.29) is 55.7 Å². The summed E-state index contributed by atoms with van der Waals surface area (Å²) >= 11 is 0. The zero-order valence-electron chi connectivity index (χ0n) is 51.9. The first-order chi connectivity index (χ1) is 39.3. The van der Waals surface area contributed by atoms with Crippen LogP contribution in [0, 0.1) is 13.8 Å². The molecule has 7 nitrogen and oxygen atoms in total. The van der Waals surface area contributed by atoms with E-state index in [2.05, 4.69) is 177 Å². The number of benzene rings is 9. The molecule has 0 amide bonds. The van der Waals surface area contributed by atoms with Crippen molar-refractivity contribution in [3.05, 3.63) is 278 Å². The average molecular weight is 1120 g/mol. The Hall–Kier alpha value is -8.42. The molecule has 84 heavy (non-hydrogen) atoms. The summed E-state index contributed by atoms with van der Waals surface area (Å²) in [5.41, 5.74) is 13.4. The number of fused-ring (bicyclic) bond motifs is 1. The molecular formula is C77H86O7. The van der Waals surface area contributed by atoms with Crippen LogP contribution in [-0.2, 0) is 32.5 Å². The van der Waals surface area contributed by atoms with E-state index in [1.165, 1.54) is 27.8 Å². The molecule has 1 aliphatic heterocycles. The van der Waals surface area contributed by atoms with Crippen LogP contribution in [0.25, 0.3) is 0 Å². The van der Waals surface area contributed by atoms with Crippen molar-refractivity contribution in [1.82, 2.24) is 0 Å². The fraction of sp³-hybridized carbons (Fsp3) is 0.299. The Labute approximate surface area is 499 Å². The van der Waals surface area contributed by atoms with Gasteiger partial charge < -0.3 is 35.4 Å². The number of phenolic OH excluding ortho intramolecular Hbond substituents is 6. The van der Waals surface area contributed by atoms with Crippen LogP contribution in [-0.4, -0.2) is 36.2 Å². The van der Waals surface area contributed by atoms with Crippen LogP contribution in [0.5, 0.6) is 40.2 Å². The fourth-order valence-corrected chi connectivity index (χ4v) is 12.2. The molecule has 6 N–H and O–H groups in total. The maximum atomic E-state index is 11.2. The lowest BCUT2D eigenvalue weighted by atomic mass is 9.66. The molecule has 1 aliphatic rings. The standard InChI is InChI=1S/C27H30O3.2C25H28O2/c1-25(2)17-27(5,19-8-13-22(29)14-9-19)23-16-20(10-15-24(23)30-25)26(3,4)18-6-11-21(28)12-7-18;1-17-6-8-19(9-7-17)25(4,5)22-16-20(12-15-23(22)27)24(2,3)18-10-13-21(26)14-11-18;1-17-9-11-18(12-10-17)24(2,3)21-7-6-8-22(23(21)27)25(4,5)19-13-15-20(26)16-14-19/h6-16,28-29H,17H2,1-5H3;2*6-16,26-27H,1-5H3. The van der Waals surface area contributed by atoms with Gasteiger partial charge in [0.2, 0.25) is 0 Å². The Morgan fingerprint density at radius 1 is 0.345 bits per heavy atom. The number of rotatable bonds is 11. The average Bonchev–Trinajstić information content (AvgIpc) is 1.57. The van der Waals surface area contributed by atoms with Crippen molar-refractivity contribution in [2.24, 2.45) is 0 Å². The number of ether oxygens (including phenoxy) is 1. The largest absolute Gasteiger partial charge is 0.508 e. The highest BCUT2D eigenvalue weighted by molar-refractivity contribution is 5.57. The Kier molecular flexibility index (Phi) is 17.1. The minimum atomic E-state index is -0.392. The van der Waals surface area contributed by atoms with Gasteiger partial charge in [-0.15, -0.1) is 0 Å². The lowest BCUT2D eigenvalue weighted by Crippen LogP contribution is -2.43. The second-order valence-electron chi connectivity index (χ2n) is 26.6. The van der Waals surface area contributed by atoms with Crippen LogP contribution in [0.2, 0.25) is 0 Å². The van der Waals surface area contributed by atoms with Gasteiger partial charge in [-0.2, -0.15) is 0 Å². The van der Waals surface area contributed by atoms with Gasteiger partial charge in [-0.25, -0.2) is 0 Å². The summed E-state index contributed by atoms with van der Waals surface area (Å²) in [6.07, 6.45) is 0.834. The third-order valence-corrected chi connectivity index (χ3v) is 18.1. The first-order valence-electron chi connectivity index (χ1n) is 29.1. The Balaban J connectivity index is 0.000000165. The van der Waals surface area contributed by atoms with Gasteiger partial charge in [0, 0.05) is 61.2 Å². The van der Waals surface area contributed by atoms with Crippen LogP contribution in [0.3, 0.4) is 0 Å². The summed E-state index contributed by atoms with van der Waals surface area (Å²) in [5.74, 6) is 2.61. The van der Waals surface area contributed by atoms with Gasteiger partial charge in [0.25, 0.3) is 0 Å². The third-order valence-electron chi connectivity index (χ3n) is 18.1. The number of hydrogen-bond acceptors (Lipinski definition) is 7. The van der Waals surface area contributed by atoms with E-state index < -0.39 is 5.41 Å². The zero-order valence-corrected chi connectivity index (χ0v) is 51.9. The molecule has 0 aliphatic carbocycles. The summed E-state index contributed by atoms with van der Waals surface area (Å²) in [6, 6.07) is 64.9. The lowest BCUT2D eigenvalue weighted by molar-refractivity contribution is 0.0582. The lowest BCUT2D eigenvalue weighted by Gasteiger charge is -2.45. The molecule has 0 saturated carbocycles. The second kappa shape index (κ2) is 23.3. The number of para-hydroxylation sites is 1. The molecular weight excluding hydrogens is 1040 g/mol. The van der Waals surface area contributed by atoms with Gasteiger partial charge in [-0.1, -0.05) is 227 Å². The predicted molar refractivity (Wildman–Crippen MR) is 344 cm³/mol. The maximum absolute atomic E-state index is 11.2. The monoisotopic (exact) mass is 1120 g/mol. The first-order valence-corrected chi connectivity index (χ1v) is 29.1. The zero-order chi connectivity index (χ0) is 61.4. The van der Waals surface area contributed by atoms with Crippen molar-refractivity contribution in [2.45, 2.75) is 148 Å². The molecule has 1 heterocycles. The second-order valence-corrected chi connectivity index (χ2v) is 26.6. The van der Waals surface area contributed by atoms with E-state index in [4.69, 9.17) is 4.74 Å². The minimum absolute atomic E-state index is 0.231. The Morgan fingerprint density at radius 2 is 0.667 bits per heavy atom. The molecule has 7 heteroatoms. The molecule has 1 unspecified atom stereocenters. The molecule has 10 rings (SSSR count). The van der Waals surface area contributed by atoms with E-state index in [0.717, 1.165) is 62.2 Å². The highest BCUT2D eigenvalue weighted by Crippen LogP contribution is 2.51. The maximum Gasteiger partial charge on any atom is 0.124 e. The highest BCUT2D eigenvalue weighted by Gasteiger charge is 2.44. The molecule has 0 spiro atoms. The smallest absolute Gasteiger partial charge is 0.124 e. The molecule has 1 atom stereocenters. The van der Waals surface area contributed by atoms with Crippen LogP contribution >= 0.6 is 0 Å². The summed E-state index contributed by atoms with van der Waals surface area (Å²) < 4.78 is 6.37. The summed E-state index contributed by atoms with van der Waals surface area (Å²) in [6.45, 7) is 32.2. The molecule has 9 aromatic carbocycles. The van der Waals surface area contributed by atoms with Crippen molar-refractivity contribution in [3.63, 3.8) is 0 Å². The van der Waals surface area contributed by atoms with Gasteiger partial charge in [0.1, 0.15) is 45.8 Å². The Morgan fingerprint density at radius 3 is 1.07 bits per heavy atom. The minimum Gasteiger partial charge on any atom is -0.508 e. The summed E-state index contributed by atoms with van der Waals surface area (Å²) in [5, 5.41) is 60.5. The normalized spacial score (nSPS) is 15.1. The first kappa shape index (κ1) is 61.6. The number of aromatic hydroxyl groups is 6. The van der Waals surface area contributed by atoms with E-state index in [1.54, 1.807) is 54.6 Å². The fourth-order valence-electron chi connectivity index (χ4n) is 12.2. The van der Waals surface area contributed by atoms with Gasteiger partial charge in [0.15, 0.2) is 0 Å². The number of phenols is 6. The topological polar surface area (TPSA) is 131 Å². The molecule has 0 aromatic heterocycles. The molecule has 436 valence electrons. The Bertz CT molecular complexity index is 3560. The van der Waals surface area contributed by atoms with Crippen LogP contribution in [0.4, 0.5) is 0 Å². The van der Waals surface area contributed by atoms with Crippen LogP contribution in [0.1, 0.15) is 174 Å². The highest BCUT2D eigenvalue weighted by atomic mass is 16.5. The molecule has 0 bridgehead atoms. The van der Waals surface area contributed by atoms with Gasteiger partial charge in [0.05, 0.1) is 0 Å². The third kappa shape index (κ3) is 12.7. The molecule has 0 radical (unpaired) electrons. The van der Waals surface area contributed by atoms with Gasteiger partial charge in [-0.05, 0) is 133 Å². The quantitative estimate of drug-likeness (QED) is 0.0761. The summed E-state index contributed by atoms with van der Waals surface area (Å²) in [7, 11) is 0. The van der Waals surface area contributed by atoms with E-state index in [9.17, 15) is 30.6 Å². The van der Waals surface area contributed by atoms with Crippen LogP contribution in [0.15, 0.2) is 200 Å². The van der Waals surface area contributed by atoms with Crippen molar-refractivity contribution in [3.8, 4) is 40.2 Å². The number of hydrogen-bond donors (Lipinski definition) is 6. The van der Waals surface area contributed by atoms with Gasteiger partial charge in [-0.3, -0.25) is 0 Å². The van der Waals surface area contributed by atoms with E-state index >= 15 is 0 Å². The van der Waals surface area contributed by atoms with Crippen molar-refractivity contribution in [2.75, 3.05) is 0 Å². The van der Waals surface area contributed by atoms with E-state index in [1.807, 2.05) is 72.8 Å². The molecule has 0 saturated heterocycles. The van der Waals surface area contributed by atoms with E-state index in [0.29, 0.717) is 11.5 Å². The van der Waals surface area contributed by atoms with Crippen molar-refractivity contribution < 1.29 is 35.4 Å². The number of aryl methyl sites for hydroxylation is 2. The predicted octanol–water partition coefficient (Wildman–Crippen LogP) is 18.4. The molecule has 9 aromatic rings. The summed E-state index contributed by atoms with van der Waals surface area (Å²) in [4.78, 5) is 0. The SMILES string of the molecule is CC1(C)CC(C)(c2ccc(O)cc2)c2cc(C(C)(C)c3ccc(O)cc3)ccc2O1.Cc1ccc(C(C)(C)c2cc(C(C)(C)c3ccc(O)cc3)ccc2O)cc1.Cc1ccc(C(C)(C)c2cccc(C(C)(C)c3ccc(O)cc3)c2O)cc1.